The van der Waals surface area contributed by atoms with Gasteiger partial charge in [-0.2, -0.15) is 0 Å². The highest BCUT2D eigenvalue weighted by Crippen LogP contribution is 2.34. The lowest BCUT2D eigenvalue weighted by Gasteiger charge is -2.14. The maximum absolute atomic E-state index is 13.0. The molecule has 0 radical (unpaired) electrons. The molecule has 0 saturated carbocycles. The fourth-order valence-electron chi connectivity index (χ4n) is 3.35. The van der Waals surface area contributed by atoms with Crippen LogP contribution in [0.2, 0.25) is 0 Å². The molecule has 2 aromatic carbocycles. The number of esters is 1. The van der Waals surface area contributed by atoms with Crippen LogP contribution in [0.3, 0.4) is 0 Å². The van der Waals surface area contributed by atoms with Gasteiger partial charge < -0.3 is 15.4 Å². The highest BCUT2D eigenvalue weighted by atomic mass is 32.1. The van der Waals surface area contributed by atoms with Crippen molar-refractivity contribution >= 4 is 34.1 Å². The van der Waals surface area contributed by atoms with Crippen LogP contribution in [-0.4, -0.2) is 24.4 Å². The largest absolute Gasteiger partial charge is 0.462 e. The summed E-state index contributed by atoms with van der Waals surface area (Å²) in [6.45, 7) is 7.31. The second-order valence-corrected chi connectivity index (χ2v) is 8.38. The van der Waals surface area contributed by atoms with Gasteiger partial charge in [0.15, 0.2) is 0 Å². The second kappa shape index (κ2) is 10.2. The molecule has 1 aromatic heterocycles. The van der Waals surface area contributed by atoms with E-state index in [0.29, 0.717) is 21.0 Å². The number of nitrogens with one attached hydrogen (secondary N) is 2. The van der Waals surface area contributed by atoms with Gasteiger partial charge in [-0.25, -0.2) is 4.79 Å². The van der Waals surface area contributed by atoms with Gasteiger partial charge in [0.25, 0.3) is 11.8 Å². The van der Waals surface area contributed by atoms with Crippen molar-refractivity contribution in [3.05, 3.63) is 87.3 Å². The second-order valence-electron chi connectivity index (χ2n) is 7.36. The molecule has 0 aliphatic carbocycles. The number of anilines is 1. The third kappa shape index (κ3) is 5.06. The molecule has 166 valence electrons. The highest BCUT2D eigenvalue weighted by molar-refractivity contribution is 7.18. The van der Waals surface area contributed by atoms with E-state index in [4.69, 9.17) is 4.74 Å². The zero-order chi connectivity index (χ0) is 23.3. The molecular weight excluding hydrogens is 424 g/mol. The summed E-state index contributed by atoms with van der Waals surface area (Å²) in [5, 5.41) is 6.07. The van der Waals surface area contributed by atoms with Crippen LogP contribution in [0.5, 0.6) is 0 Å². The zero-order valence-corrected chi connectivity index (χ0v) is 19.3. The van der Waals surface area contributed by atoms with Crippen LogP contribution in [0.1, 0.15) is 67.0 Å². The quantitative estimate of drug-likeness (QED) is 0.479. The number of carbonyl (C=O) groups excluding carboxylic acids is 3. The lowest BCUT2D eigenvalue weighted by atomic mass is 10.1. The van der Waals surface area contributed by atoms with Crippen LogP contribution in [0.4, 0.5) is 5.00 Å². The fourth-order valence-corrected chi connectivity index (χ4v) is 4.45. The number of thiophene rings is 1. The van der Waals surface area contributed by atoms with Gasteiger partial charge in [-0.05, 0) is 50.5 Å². The standard InChI is InChI=1S/C25H26N2O4S/c1-5-31-25(30)20-16(3)21(23(29)26-17(4)18-12-7-6-8-13-18)32-24(20)27-22(28)19-14-10-9-11-15(19)2/h6-14,17H,5H2,1-4H3,(H,26,29)(H,27,28). The van der Waals surface area contributed by atoms with E-state index in [1.54, 1.807) is 26.0 Å². The third-order valence-corrected chi connectivity index (χ3v) is 6.30. The Bertz CT molecular complexity index is 1140. The van der Waals surface area contributed by atoms with Crippen molar-refractivity contribution in [2.45, 2.75) is 33.7 Å². The molecule has 3 aromatic rings. The Hall–Kier alpha value is -3.45. The average Bonchev–Trinajstić information content (AvgIpc) is 3.10. The van der Waals surface area contributed by atoms with Crippen molar-refractivity contribution in [3.8, 4) is 0 Å². The molecule has 1 unspecified atom stereocenters. The SMILES string of the molecule is CCOC(=O)c1c(NC(=O)c2ccccc2C)sc(C(=O)NC(C)c2ccccc2)c1C. The summed E-state index contributed by atoms with van der Waals surface area (Å²) in [5.74, 6) is -1.23. The third-order valence-electron chi connectivity index (χ3n) is 5.10. The van der Waals surface area contributed by atoms with Crippen molar-refractivity contribution in [3.63, 3.8) is 0 Å². The number of carbonyl (C=O) groups is 3. The minimum Gasteiger partial charge on any atom is -0.462 e. The summed E-state index contributed by atoms with van der Waals surface area (Å²) in [7, 11) is 0. The summed E-state index contributed by atoms with van der Waals surface area (Å²) in [6.07, 6.45) is 0. The molecule has 2 N–H and O–H groups in total. The minimum absolute atomic E-state index is 0.186. The normalized spacial score (nSPS) is 11.5. The van der Waals surface area contributed by atoms with Crippen LogP contribution in [0.25, 0.3) is 0 Å². The molecule has 7 heteroatoms. The molecule has 1 heterocycles. The van der Waals surface area contributed by atoms with Crippen molar-refractivity contribution in [2.75, 3.05) is 11.9 Å². The average molecular weight is 451 g/mol. The molecule has 6 nitrogen and oxygen atoms in total. The molecule has 0 saturated heterocycles. The van der Waals surface area contributed by atoms with Gasteiger partial charge in [0.05, 0.1) is 23.1 Å². The number of amides is 2. The molecule has 0 fully saturated rings. The van der Waals surface area contributed by atoms with E-state index in [2.05, 4.69) is 10.6 Å². The maximum atomic E-state index is 13.0. The number of rotatable bonds is 7. The van der Waals surface area contributed by atoms with Crippen LogP contribution in [0, 0.1) is 13.8 Å². The number of benzene rings is 2. The molecule has 1 atom stereocenters. The van der Waals surface area contributed by atoms with Gasteiger partial charge in [-0.15, -0.1) is 11.3 Å². The Labute approximate surface area is 191 Å². The highest BCUT2D eigenvalue weighted by Gasteiger charge is 2.27. The molecule has 2 amide bonds. The van der Waals surface area contributed by atoms with E-state index < -0.39 is 5.97 Å². The van der Waals surface area contributed by atoms with Crippen LogP contribution in [-0.2, 0) is 4.74 Å². The summed E-state index contributed by atoms with van der Waals surface area (Å²) < 4.78 is 5.19. The van der Waals surface area contributed by atoms with E-state index in [1.807, 2.05) is 56.3 Å². The predicted octanol–water partition coefficient (Wildman–Crippen LogP) is 5.28. The molecule has 32 heavy (non-hydrogen) atoms. The van der Waals surface area contributed by atoms with Crippen LogP contribution in [0.15, 0.2) is 54.6 Å². The lowest BCUT2D eigenvalue weighted by Crippen LogP contribution is -2.26. The summed E-state index contributed by atoms with van der Waals surface area (Å²) in [5.41, 5.74) is 2.96. The van der Waals surface area contributed by atoms with Gasteiger partial charge in [0, 0.05) is 5.56 Å². The molecule has 0 aliphatic heterocycles. The smallest absolute Gasteiger partial charge is 0.341 e. The van der Waals surface area contributed by atoms with Crippen molar-refractivity contribution in [2.24, 2.45) is 0 Å². The number of hydrogen-bond acceptors (Lipinski definition) is 5. The van der Waals surface area contributed by atoms with E-state index in [1.165, 1.54) is 0 Å². The van der Waals surface area contributed by atoms with Gasteiger partial charge in [0.2, 0.25) is 0 Å². The summed E-state index contributed by atoms with van der Waals surface area (Å²) in [4.78, 5) is 38.9. The van der Waals surface area contributed by atoms with Gasteiger partial charge >= 0.3 is 5.97 Å². The van der Waals surface area contributed by atoms with Crippen molar-refractivity contribution < 1.29 is 19.1 Å². The minimum atomic E-state index is -0.573. The number of hydrogen-bond donors (Lipinski definition) is 2. The van der Waals surface area contributed by atoms with E-state index in [9.17, 15) is 14.4 Å². The van der Waals surface area contributed by atoms with E-state index >= 15 is 0 Å². The monoisotopic (exact) mass is 450 g/mol. The van der Waals surface area contributed by atoms with Crippen molar-refractivity contribution in [1.29, 1.82) is 0 Å². The Kier molecular flexibility index (Phi) is 7.43. The van der Waals surface area contributed by atoms with Crippen molar-refractivity contribution in [1.82, 2.24) is 5.32 Å². The topological polar surface area (TPSA) is 84.5 Å². The summed E-state index contributed by atoms with van der Waals surface area (Å²) in [6, 6.07) is 16.6. The van der Waals surface area contributed by atoms with E-state index in [-0.39, 0.29) is 30.0 Å². The van der Waals surface area contributed by atoms with Crippen LogP contribution >= 0.6 is 11.3 Å². The molecular formula is C25H26N2O4S. The maximum Gasteiger partial charge on any atom is 0.341 e. The van der Waals surface area contributed by atoms with Gasteiger partial charge in [-0.3, -0.25) is 9.59 Å². The first-order chi connectivity index (χ1) is 15.3. The number of aryl methyl sites for hydroxylation is 1. The zero-order valence-electron chi connectivity index (χ0n) is 18.5. The first kappa shape index (κ1) is 23.2. The fraction of sp³-hybridized carbons (Fsp3) is 0.240. The molecule has 3 rings (SSSR count). The first-order valence-electron chi connectivity index (χ1n) is 10.4. The predicted molar refractivity (Wildman–Crippen MR) is 126 cm³/mol. The molecule has 0 spiro atoms. The molecule has 0 bridgehead atoms. The van der Waals surface area contributed by atoms with E-state index in [0.717, 1.165) is 22.5 Å². The Morgan fingerprint density at radius 1 is 0.969 bits per heavy atom. The lowest BCUT2D eigenvalue weighted by molar-refractivity contribution is 0.0527. The van der Waals surface area contributed by atoms with Gasteiger partial charge in [-0.1, -0.05) is 48.5 Å². The van der Waals surface area contributed by atoms with Crippen LogP contribution < -0.4 is 10.6 Å². The summed E-state index contributed by atoms with van der Waals surface area (Å²) >= 11 is 1.07. The molecule has 0 aliphatic rings. The Balaban J connectivity index is 1.92. The Morgan fingerprint density at radius 3 is 2.28 bits per heavy atom. The first-order valence-corrected chi connectivity index (χ1v) is 11.2. The Morgan fingerprint density at radius 2 is 1.62 bits per heavy atom. The van der Waals surface area contributed by atoms with Gasteiger partial charge in [0.1, 0.15) is 5.00 Å². The number of ether oxygens (including phenoxy) is 1.